The van der Waals surface area contributed by atoms with Crippen molar-refractivity contribution in [2.45, 2.75) is 207 Å². The van der Waals surface area contributed by atoms with Crippen molar-refractivity contribution in [2.75, 3.05) is 80.8 Å². The van der Waals surface area contributed by atoms with E-state index in [4.69, 9.17) is 19.7 Å². The average Bonchev–Trinajstić information content (AvgIpc) is 3.14. The number of likely N-dealkylation sites (N-methyl/N-ethyl adjacent to an activating group) is 2. The molecular formula is C48H98N2O6+2. The van der Waals surface area contributed by atoms with Crippen LogP contribution in [0.2, 0.25) is 0 Å². The van der Waals surface area contributed by atoms with E-state index in [1.54, 1.807) is 0 Å². The van der Waals surface area contributed by atoms with Crippen molar-refractivity contribution in [2.24, 2.45) is 10.8 Å². The number of quaternary nitrogens is 2. The number of aliphatic hydroxyl groups is 2. The van der Waals surface area contributed by atoms with Crippen molar-refractivity contribution in [1.29, 1.82) is 0 Å². The van der Waals surface area contributed by atoms with Crippen LogP contribution >= 0.6 is 0 Å². The maximum absolute atomic E-state index is 13.1. The van der Waals surface area contributed by atoms with Gasteiger partial charge >= 0.3 is 11.9 Å². The molecule has 0 aliphatic rings. The van der Waals surface area contributed by atoms with Crippen LogP contribution in [0, 0.1) is 10.8 Å². The molecule has 334 valence electrons. The third-order valence-electron chi connectivity index (χ3n) is 12.6. The molecule has 0 bridgehead atoms. The minimum absolute atomic E-state index is 0.126. The first-order chi connectivity index (χ1) is 26.6. The van der Waals surface area contributed by atoms with Crippen LogP contribution in [0.5, 0.6) is 0 Å². The Balaban J connectivity index is 3.83. The molecular weight excluding hydrogens is 701 g/mol. The van der Waals surface area contributed by atoms with Crippen LogP contribution in [0.15, 0.2) is 0 Å². The Hall–Kier alpha value is -1.22. The van der Waals surface area contributed by atoms with Gasteiger partial charge in [0.15, 0.2) is 0 Å². The van der Waals surface area contributed by atoms with Gasteiger partial charge in [-0.2, -0.15) is 0 Å². The smallest absolute Gasteiger partial charge is 0.311 e. The van der Waals surface area contributed by atoms with Gasteiger partial charge in [0.25, 0.3) is 0 Å². The van der Waals surface area contributed by atoms with Crippen molar-refractivity contribution in [1.82, 2.24) is 0 Å². The number of hydrogen-bond donors (Lipinski definition) is 2. The Bertz CT molecular complexity index is 939. The Labute approximate surface area is 348 Å². The quantitative estimate of drug-likeness (QED) is 0.0363. The maximum Gasteiger partial charge on any atom is 0.311 e. The van der Waals surface area contributed by atoms with Crippen LogP contribution < -0.4 is 0 Å². The lowest BCUT2D eigenvalue weighted by atomic mass is 9.76. The highest BCUT2D eigenvalue weighted by atomic mass is 16.5. The van der Waals surface area contributed by atoms with Gasteiger partial charge in [-0.3, -0.25) is 9.59 Å². The van der Waals surface area contributed by atoms with Gasteiger partial charge in [0.2, 0.25) is 0 Å². The second-order valence-electron chi connectivity index (χ2n) is 19.6. The number of ether oxygens (including phenoxy) is 2. The summed E-state index contributed by atoms with van der Waals surface area (Å²) >= 11 is 0. The molecule has 0 radical (unpaired) electrons. The van der Waals surface area contributed by atoms with E-state index in [-0.39, 0.29) is 25.2 Å². The van der Waals surface area contributed by atoms with Gasteiger partial charge in [-0.25, -0.2) is 0 Å². The first kappa shape index (κ1) is 54.8. The summed E-state index contributed by atoms with van der Waals surface area (Å²) in [5, 5.41) is 18.3. The summed E-state index contributed by atoms with van der Waals surface area (Å²) in [5.74, 6) is -0.285. The van der Waals surface area contributed by atoms with Crippen molar-refractivity contribution in [3.63, 3.8) is 0 Å². The summed E-state index contributed by atoms with van der Waals surface area (Å²) < 4.78 is 13.3. The molecule has 0 fully saturated rings. The normalized spacial score (nSPS) is 13.5. The maximum atomic E-state index is 13.1. The van der Waals surface area contributed by atoms with Gasteiger partial charge in [0, 0.05) is 0 Å². The van der Waals surface area contributed by atoms with Crippen molar-refractivity contribution < 1.29 is 38.2 Å². The van der Waals surface area contributed by atoms with Gasteiger partial charge in [0.05, 0.1) is 78.5 Å². The molecule has 0 aromatic heterocycles. The fourth-order valence-electron chi connectivity index (χ4n) is 7.57. The molecule has 0 rings (SSSR count). The van der Waals surface area contributed by atoms with Crippen LogP contribution in [-0.2, 0) is 19.1 Å². The Morgan fingerprint density at radius 2 is 0.714 bits per heavy atom. The molecule has 0 aliphatic heterocycles. The zero-order chi connectivity index (χ0) is 42.0. The average molecular weight is 799 g/mol. The number of esters is 2. The number of aliphatic hydroxyl groups excluding tert-OH is 2. The van der Waals surface area contributed by atoms with Gasteiger partial charge < -0.3 is 28.7 Å². The fourth-order valence-corrected chi connectivity index (χ4v) is 7.57. The number of nitrogens with zero attached hydrogens (tertiary/aromatic N) is 2. The first-order valence-electron chi connectivity index (χ1n) is 23.8. The highest BCUT2D eigenvalue weighted by Gasteiger charge is 2.38. The fraction of sp³-hybridized carbons (Fsp3) is 0.958. The largest absolute Gasteiger partial charge is 0.465 e. The Kier molecular flexibility index (Phi) is 32.9. The molecule has 1 unspecified atom stereocenters. The SMILES string of the molecule is CCC(C)(CCC(C)(C)C(=O)OCCCCCCCCCCC[N+](C)(C)CCO)C(=O)OCCCCCCCCCCCCCCCCCC[N+](C)(C)CCO. The number of carbonyl (C=O) groups is 2. The van der Waals surface area contributed by atoms with E-state index in [9.17, 15) is 9.59 Å². The topological polar surface area (TPSA) is 93.1 Å². The lowest BCUT2D eigenvalue weighted by Crippen LogP contribution is -2.42. The third-order valence-corrected chi connectivity index (χ3v) is 12.6. The molecule has 0 saturated heterocycles. The van der Waals surface area contributed by atoms with E-state index in [1.165, 1.54) is 141 Å². The summed E-state index contributed by atoms with van der Waals surface area (Å²) in [5.41, 5.74) is -1.20. The van der Waals surface area contributed by atoms with Crippen LogP contribution in [-0.4, -0.2) is 112 Å². The van der Waals surface area contributed by atoms with Crippen LogP contribution in [0.3, 0.4) is 0 Å². The minimum Gasteiger partial charge on any atom is -0.465 e. The van der Waals surface area contributed by atoms with Crippen molar-refractivity contribution in [3.8, 4) is 0 Å². The van der Waals surface area contributed by atoms with E-state index < -0.39 is 10.8 Å². The lowest BCUT2D eigenvalue weighted by molar-refractivity contribution is -0.890. The predicted molar refractivity (Wildman–Crippen MR) is 237 cm³/mol. The lowest BCUT2D eigenvalue weighted by Gasteiger charge is -2.30. The minimum atomic E-state index is -0.623. The van der Waals surface area contributed by atoms with Gasteiger partial charge in [-0.15, -0.1) is 0 Å². The van der Waals surface area contributed by atoms with E-state index in [1.807, 2.05) is 27.7 Å². The molecule has 0 aliphatic carbocycles. The number of rotatable bonds is 41. The standard InChI is InChI=1S/C48H98N2O6/c1-9-48(4,36-35-47(2,3)45(53)55-43-33-29-25-22-18-20-24-28-32-38-50(7,8)40-42-52)46(54)56-44-34-30-26-21-17-15-13-11-10-12-14-16-19-23-27-31-37-49(5,6)39-41-51/h51-52H,9-44H2,1-8H3/q+2. The first-order valence-corrected chi connectivity index (χ1v) is 23.8. The molecule has 0 saturated carbocycles. The Morgan fingerprint density at radius 3 is 1.02 bits per heavy atom. The molecule has 56 heavy (non-hydrogen) atoms. The molecule has 0 amide bonds. The van der Waals surface area contributed by atoms with Crippen LogP contribution in [0.25, 0.3) is 0 Å². The molecule has 2 N–H and O–H groups in total. The second kappa shape index (κ2) is 33.6. The second-order valence-corrected chi connectivity index (χ2v) is 19.6. The molecule has 1 atom stereocenters. The van der Waals surface area contributed by atoms with Gasteiger partial charge in [-0.05, 0) is 78.6 Å². The summed E-state index contributed by atoms with van der Waals surface area (Å²) in [6, 6.07) is 0. The zero-order valence-electron chi connectivity index (χ0n) is 38.9. The summed E-state index contributed by atoms with van der Waals surface area (Å²) in [7, 11) is 8.81. The van der Waals surface area contributed by atoms with Crippen molar-refractivity contribution >= 4 is 11.9 Å². The highest BCUT2D eigenvalue weighted by Crippen LogP contribution is 2.35. The van der Waals surface area contributed by atoms with Crippen LogP contribution in [0.4, 0.5) is 0 Å². The molecule has 8 heteroatoms. The van der Waals surface area contributed by atoms with E-state index in [2.05, 4.69) is 28.2 Å². The highest BCUT2D eigenvalue weighted by molar-refractivity contribution is 5.77. The molecule has 0 spiro atoms. The zero-order valence-corrected chi connectivity index (χ0v) is 38.9. The summed E-state index contributed by atoms with van der Waals surface area (Å²) in [6.07, 6.45) is 33.5. The van der Waals surface area contributed by atoms with Crippen molar-refractivity contribution in [3.05, 3.63) is 0 Å². The van der Waals surface area contributed by atoms with Gasteiger partial charge in [-0.1, -0.05) is 129 Å². The predicted octanol–water partition coefficient (Wildman–Crippen LogP) is 11.2. The molecule has 0 heterocycles. The Morgan fingerprint density at radius 1 is 0.429 bits per heavy atom. The van der Waals surface area contributed by atoms with E-state index in [0.717, 1.165) is 54.3 Å². The molecule has 0 aromatic carbocycles. The monoisotopic (exact) mass is 799 g/mol. The third kappa shape index (κ3) is 30.8. The summed E-state index contributed by atoms with van der Waals surface area (Å²) in [4.78, 5) is 26.0. The number of carbonyl (C=O) groups excluding carboxylic acids is 2. The number of unbranched alkanes of at least 4 members (excludes halogenated alkanes) is 23. The molecule has 8 nitrogen and oxygen atoms in total. The van der Waals surface area contributed by atoms with E-state index in [0.29, 0.717) is 32.5 Å². The summed E-state index contributed by atoms with van der Waals surface area (Å²) in [6.45, 7) is 13.4. The number of hydrogen-bond acceptors (Lipinski definition) is 6. The molecule has 0 aromatic rings. The van der Waals surface area contributed by atoms with Crippen LogP contribution in [0.1, 0.15) is 207 Å². The van der Waals surface area contributed by atoms with Gasteiger partial charge in [0.1, 0.15) is 13.1 Å². The van der Waals surface area contributed by atoms with E-state index >= 15 is 0 Å².